The van der Waals surface area contributed by atoms with Gasteiger partial charge in [-0.2, -0.15) is 0 Å². The zero-order valence-corrected chi connectivity index (χ0v) is 19.9. The number of hydrogen-bond acceptors (Lipinski definition) is 2. The summed E-state index contributed by atoms with van der Waals surface area (Å²) < 4.78 is 0. The SMILES string of the molecule is C\C=C/C(=C\C=C(/C)c1nc(-c2ccc3[nH]ccc3c2)sc1-c1ccccc1)CCCC. The predicted octanol–water partition coefficient (Wildman–Crippen LogP) is 9.05. The number of nitrogens with one attached hydrogen (secondary N) is 1. The molecule has 3 heteroatoms. The molecule has 2 aromatic heterocycles. The molecule has 0 bridgehead atoms. The highest BCUT2D eigenvalue weighted by atomic mass is 32.1. The number of rotatable bonds is 8. The topological polar surface area (TPSA) is 28.7 Å². The standard InChI is InChI=1S/C29H30N2S/c1-4-6-11-22(10-5-2)15-14-21(3)27-28(23-12-8-7-9-13-23)32-29(31-27)25-16-17-26-24(20-25)18-19-30-26/h5,7-10,12-20,30H,4,6,11H2,1-3H3/b10-5-,21-14+,22-15+. The molecule has 2 heterocycles. The molecule has 2 aromatic carbocycles. The molecule has 2 nitrogen and oxygen atoms in total. The minimum absolute atomic E-state index is 1.05. The maximum absolute atomic E-state index is 5.13. The van der Waals surface area contributed by atoms with Gasteiger partial charge in [-0.05, 0) is 67.7 Å². The van der Waals surface area contributed by atoms with E-state index in [4.69, 9.17) is 4.98 Å². The van der Waals surface area contributed by atoms with Crippen molar-refractivity contribution >= 4 is 27.8 Å². The van der Waals surface area contributed by atoms with Gasteiger partial charge in [0.05, 0.1) is 10.6 Å². The lowest BCUT2D eigenvalue weighted by molar-refractivity contribution is 0.798. The Kier molecular flexibility index (Phi) is 7.18. The Balaban J connectivity index is 1.77. The first-order valence-electron chi connectivity index (χ1n) is 11.3. The van der Waals surface area contributed by atoms with Crippen LogP contribution in [0.5, 0.6) is 0 Å². The van der Waals surface area contributed by atoms with Crippen molar-refractivity contribution in [2.45, 2.75) is 40.0 Å². The summed E-state index contributed by atoms with van der Waals surface area (Å²) >= 11 is 1.77. The maximum atomic E-state index is 5.13. The summed E-state index contributed by atoms with van der Waals surface area (Å²) in [4.78, 5) is 9.62. The van der Waals surface area contributed by atoms with E-state index in [1.165, 1.54) is 39.8 Å². The molecule has 32 heavy (non-hydrogen) atoms. The highest BCUT2D eigenvalue weighted by molar-refractivity contribution is 7.18. The molecule has 0 radical (unpaired) electrons. The van der Waals surface area contributed by atoms with E-state index in [1.807, 2.05) is 6.20 Å². The minimum atomic E-state index is 1.05. The summed E-state index contributed by atoms with van der Waals surface area (Å²) in [6.07, 6.45) is 14.3. The van der Waals surface area contributed by atoms with Crippen molar-refractivity contribution < 1.29 is 0 Å². The Morgan fingerprint density at radius 1 is 1.03 bits per heavy atom. The number of hydrogen-bond donors (Lipinski definition) is 1. The van der Waals surface area contributed by atoms with Gasteiger partial charge in [0.2, 0.25) is 0 Å². The fraction of sp³-hybridized carbons (Fsp3) is 0.207. The smallest absolute Gasteiger partial charge is 0.124 e. The normalized spacial score (nSPS) is 12.8. The molecule has 0 fully saturated rings. The van der Waals surface area contributed by atoms with Crippen LogP contribution in [0.2, 0.25) is 0 Å². The molecule has 0 amide bonds. The van der Waals surface area contributed by atoms with E-state index >= 15 is 0 Å². The second-order valence-corrected chi connectivity index (χ2v) is 9.04. The second kappa shape index (κ2) is 10.4. The van der Waals surface area contributed by atoms with Crippen LogP contribution in [-0.2, 0) is 0 Å². The zero-order valence-electron chi connectivity index (χ0n) is 19.1. The molecular weight excluding hydrogens is 408 g/mol. The summed E-state index contributed by atoms with van der Waals surface area (Å²) in [6, 6.07) is 19.2. The van der Waals surface area contributed by atoms with Crippen LogP contribution in [0.4, 0.5) is 0 Å². The molecule has 1 N–H and O–H groups in total. The molecule has 0 saturated carbocycles. The second-order valence-electron chi connectivity index (χ2n) is 8.04. The molecule has 0 unspecified atom stereocenters. The number of benzene rings is 2. The van der Waals surface area contributed by atoms with E-state index in [2.05, 4.69) is 105 Å². The van der Waals surface area contributed by atoms with Crippen molar-refractivity contribution in [1.29, 1.82) is 0 Å². The van der Waals surface area contributed by atoms with Crippen LogP contribution in [0.25, 0.3) is 37.5 Å². The van der Waals surface area contributed by atoms with Crippen LogP contribution in [0.1, 0.15) is 45.7 Å². The van der Waals surface area contributed by atoms with Crippen LogP contribution in [0.15, 0.2) is 90.7 Å². The van der Waals surface area contributed by atoms with E-state index in [0.29, 0.717) is 0 Å². The molecule has 0 aliphatic heterocycles. The van der Waals surface area contributed by atoms with Crippen molar-refractivity contribution in [2.75, 3.05) is 0 Å². The minimum Gasteiger partial charge on any atom is -0.361 e. The van der Waals surface area contributed by atoms with Crippen LogP contribution in [0.3, 0.4) is 0 Å². The lowest BCUT2D eigenvalue weighted by Crippen LogP contribution is -1.86. The molecule has 0 aliphatic carbocycles. The van der Waals surface area contributed by atoms with E-state index < -0.39 is 0 Å². The van der Waals surface area contributed by atoms with Gasteiger partial charge in [0.25, 0.3) is 0 Å². The van der Waals surface area contributed by atoms with Gasteiger partial charge in [0, 0.05) is 22.7 Å². The zero-order chi connectivity index (χ0) is 22.3. The monoisotopic (exact) mass is 438 g/mol. The quantitative estimate of drug-likeness (QED) is 0.273. The predicted molar refractivity (Wildman–Crippen MR) is 141 cm³/mol. The van der Waals surface area contributed by atoms with Gasteiger partial charge in [0.15, 0.2) is 0 Å². The maximum Gasteiger partial charge on any atom is 0.124 e. The average molecular weight is 439 g/mol. The van der Waals surface area contributed by atoms with Crippen LogP contribution in [-0.4, -0.2) is 9.97 Å². The van der Waals surface area contributed by atoms with Crippen LogP contribution < -0.4 is 0 Å². The summed E-state index contributed by atoms with van der Waals surface area (Å²) in [7, 11) is 0. The average Bonchev–Trinajstić information content (AvgIpc) is 3.48. The van der Waals surface area contributed by atoms with Crippen molar-refractivity contribution in [3.05, 3.63) is 96.4 Å². The molecule has 162 valence electrons. The number of aromatic nitrogens is 2. The van der Waals surface area contributed by atoms with Crippen molar-refractivity contribution in [3.63, 3.8) is 0 Å². The third-order valence-electron chi connectivity index (χ3n) is 5.58. The number of fused-ring (bicyclic) bond motifs is 1. The first-order valence-corrected chi connectivity index (χ1v) is 12.2. The third-order valence-corrected chi connectivity index (χ3v) is 6.74. The van der Waals surface area contributed by atoms with E-state index in [1.54, 1.807) is 11.3 Å². The first-order chi connectivity index (χ1) is 15.7. The highest BCUT2D eigenvalue weighted by Gasteiger charge is 2.16. The number of nitrogens with zero attached hydrogens (tertiary/aromatic N) is 1. The third kappa shape index (κ3) is 5.00. The summed E-state index contributed by atoms with van der Waals surface area (Å²) in [5.74, 6) is 0. The largest absolute Gasteiger partial charge is 0.361 e. The van der Waals surface area contributed by atoms with Crippen molar-refractivity contribution in [3.8, 4) is 21.0 Å². The number of aromatic amines is 1. The molecule has 4 aromatic rings. The van der Waals surface area contributed by atoms with E-state index in [9.17, 15) is 0 Å². The Labute approximate surface area is 195 Å². The summed E-state index contributed by atoms with van der Waals surface area (Å²) in [5, 5.41) is 2.26. The van der Waals surface area contributed by atoms with Gasteiger partial charge in [-0.25, -0.2) is 4.98 Å². The summed E-state index contributed by atoms with van der Waals surface area (Å²) in [6.45, 7) is 6.49. The van der Waals surface area contributed by atoms with E-state index in [0.717, 1.165) is 28.2 Å². The number of thiazole rings is 1. The molecular formula is C29H30N2S. The molecule has 0 atom stereocenters. The lowest BCUT2D eigenvalue weighted by Gasteiger charge is -2.03. The fourth-order valence-corrected chi connectivity index (χ4v) is 4.94. The van der Waals surface area contributed by atoms with Crippen molar-refractivity contribution in [2.24, 2.45) is 0 Å². The Morgan fingerprint density at radius 3 is 2.66 bits per heavy atom. The fourth-order valence-electron chi connectivity index (χ4n) is 3.81. The summed E-state index contributed by atoms with van der Waals surface area (Å²) in [5.41, 5.74) is 7.14. The number of unbranched alkanes of at least 4 members (excludes halogenated alkanes) is 1. The van der Waals surface area contributed by atoms with Gasteiger partial charge in [-0.15, -0.1) is 11.3 Å². The first kappa shape index (κ1) is 22.0. The Hall–Kier alpha value is -3.17. The van der Waals surface area contributed by atoms with Gasteiger partial charge in [-0.3, -0.25) is 0 Å². The van der Waals surface area contributed by atoms with Gasteiger partial charge < -0.3 is 4.98 Å². The molecule has 0 spiro atoms. The molecule has 0 aliphatic rings. The Morgan fingerprint density at radius 2 is 1.88 bits per heavy atom. The van der Waals surface area contributed by atoms with Gasteiger partial charge in [-0.1, -0.05) is 68.0 Å². The number of allylic oxidation sites excluding steroid dienone is 6. The highest BCUT2D eigenvalue weighted by Crippen LogP contribution is 2.39. The van der Waals surface area contributed by atoms with Crippen LogP contribution >= 0.6 is 11.3 Å². The van der Waals surface area contributed by atoms with Crippen molar-refractivity contribution in [1.82, 2.24) is 9.97 Å². The van der Waals surface area contributed by atoms with Crippen LogP contribution in [0, 0.1) is 0 Å². The molecule has 4 rings (SSSR count). The number of H-pyrrole nitrogens is 1. The van der Waals surface area contributed by atoms with Gasteiger partial charge in [0.1, 0.15) is 5.01 Å². The lowest BCUT2D eigenvalue weighted by atomic mass is 10.0. The van der Waals surface area contributed by atoms with E-state index in [-0.39, 0.29) is 0 Å². The Bertz CT molecular complexity index is 1270. The molecule has 0 saturated heterocycles. The van der Waals surface area contributed by atoms with Gasteiger partial charge >= 0.3 is 0 Å².